The Morgan fingerprint density at radius 3 is 2.29 bits per heavy atom. The monoisotopic (exact) mass is 313 g/mol. The van der Waals surface area contributed by atoms with E-state index in [4.69, 9.17) is 5.73 Å². The first-order valence-corrected chi connectivity index (χ1v) is 8.58. The highest BCUT2D eigenvalue weighted by molar-refractivity contribution is 7.89. The smallest absolute Gasteiger partial charge is 0.243 e. The lowest BCUT2D eigenvalue weighted by Crippen LogP contribution is -2.43. The molecule has 1 unspecified atom stereocenters. The van der Waals surface area contributed by atoms with Crippen LogP contribution in [0.5, 0.6) is 0 Å². The molecule has 1 rings (SSSR count). The Hall–Kier alpha value is -1.11. The summed E-state index contributed by atoms with van der Waals surface area (Å²) in [6.07, 6.45) is 0. The lowest BCUT2D eigenvalue weighted by molar-refractivity contribution is 0.271. The van der Waals surface area contributed by atoms with E-state index in [1.54, 1.807) is 12.1 Å². The Morgan fingerprint density at radius 2 is 1.81 bits per heavy atom. The molecular weight excluding hydrogens is 286 g/mol. The highest BCUT2D eigenvalue weighted by atomic mass is 32.2. The molecule has 0 amide bonds. The standard InChI is InChI=1S/C15H27N3O2S/c1-7-18(12(3)10-17(5)6)21(19,20)15-9-14(16)8-11(2)13(15)4/h8-9,12H,7,10,16H2,1-6H3. The number of nitrogens with two attached hydrogens (primary N) is 1. The van der Waals surface area contributed by atoms with Crippen molar-refractivity contribution in [3.63, 3.8) is 0 Å². The van der Waals surface area contributed by atoms with E-state index in [-0.39, 0.29) is 6.04 Å². The Balaban J connectivity index is 3.32. The maximum Gasteiger partial charge on any atom is 0.243 e. The first kappa shape index (κ1) is 17.9. The van der Waals surface area contributed by atoms with E-state index < -0.39 is 10.0 Å². The lowest BCUT2D eigenvalue weighted by atomic mass is 10.1. The van der Waals surface area contributed by atoms with E-state index in [0.717, 1.165) is 11.1 Å². The topological polar surface area (TPSA) is 66.6 Å². The number of hydrogen-bond acceptors (Lipinski definition) is 4. The van der Waals surface area contributed by atoms with Crippen LogP contribution in [0.25, 0.3) is 0 Å². The molecule has 2 N–H and O–H groups in total. The van der Waals surface area contributed by atoms with Gasteiger partial charge >= 0.3 is 0 Å². The molecule has 0 heterocycles. The zero-order valence-electron chi connectivity index (χ0n) is 13.8. The minimum Gasteiger partial charge on any atom is -0.399 e. The lowest BCUT2D eigenvalue weighted by Gasteiger charge is -2.30. The maximum atomic E-state index is 13.0. The Bertz CT molecular complexity index is 597. The number of anilines is 1. The fourth-order valence-electron chi connectivity index (χ4n) is 2.59. The van der Waals surface area contributed by atoms with Gasteiger partial charge in [0.25, 0.3) is 0 Å². The van der Waals surface area contributed by atoms with Gasteiger partial charge in [0, 0.05) is 24.8 Å². The van der Waals surface area contributed by atoms with E-state index in [1.807, 2.05) is 46.7 Å². The van der Waals surface area contributed by atoms with Crippen LogP contribution >= 0.6 is 0 Å². The number of hydrogen-bond donors (Lipinski definition) is 1. The predicted molar refractivity (Wildman–Crippen MR) is 87.9 cm³/mol. The molecule has 1 aromatic carbocycles. The summed E-state index contributed by atoms with van der Waals surface area (Å²) in [4.78, 5) is 2.30. The first-order chi connectivity index (χ1) is 9.61. The fraction of sp³-hybridized carbons (Fsp3) is 0.600. The molecule has 0 aliphatic carbocycles. The second-order valence-corrected chi connectivity index (χ2v) is 7.64. The third kappa shape index (κ3) is 3.96. The number of nitrogen functional groups attached to an aromatic ring is 1. The van der Waals surface area contributed by atoms with Crippen molar-refractivity contribution >= 4 is 15.7 Å². The molecule has 21 heavy (non-hydrogen) atoms. The third-order valence-electron chi connectivity index (χ3n) is 3.66. The van der Waals surface area contributed by atoms with E-state index in [1.165, 1.54) is 4.31 Å². The van der Waals surface area contributed by atoms with Crippen LogP contribution < -0.4 is 5.73 Å². The van der Waals surface area contributed by atoms with Crippen molar-refractivity contribution in [2.45, 2.75) is 38.6 Å². The quantitative estimate of drug-likeness (QED) is 0.814. The zero-order chi connectivity index (χ0) is 16.4. The Kier molecular flexibility index (Phi) is 5.78. The Morgan fingerprint density at radius 1 is 1.24 bits per heavy atom. The van der Waals surface area contributed by atoms with Crippen molar-refractivity contribution in [2.75, 3.05) is 32.9 Å². The molecule has 0 aliphatic heterocycles. The van der Waals surface area contributed by atoms with Crippen molar-refractivity contribution in [1.29, 1.82) is 0 Å². The molecule has 120 valence electrons. The zero-order valence-corrected chi connectivity index (χ0v) is 14.7. The van der Waals surface area contributed by atoms with Crippen molar-refractivity contribution in [2.24, 2.45) is 0 Å². The van der Waals surface area contributed by atoms with E-state index in [2.05, 4.69) is 0 Å². The molecular formula is C15H27N3O2S. The van der Waals surface area contributed by atoms with Crippen LogP contribution in [0.2, 0.25) is 0 Å². The van der Waals surface area contributed by atoms with Gasteiger partial charge in [-0.05, 0) is 58.1 Å². The van der Waals surface area contributed by atoms with Gasteiger partial charge in [-0.3, -0.25) is 0 Å². The van der Waals surface area contributed by atoms with Crippen molar-refractivity contribution in [3.8, 4) is 0 Å². The highest BCUT2D eigenvalue weighted by Gasteiger charge is 2.29. The summed E-state index contributed by atoms with van der Waals surface area (Å²) in [7, 11) is 0.330. The second kappa shape index (κ2) is 6.77. The summed E-state index contributed by atoms with van der Waals surface area (Å²) in [6.45, 7) is 8.60. The van der Waals surface area contributed by atoms with Crippen LogP contribution in [0.15, 0.2) is 17.0 Å². The van der Waals surface area contributed by atoms with Gasteiger partial charge in [0.05, 0.1) is 4.90 Å². The van der Waals surface area contributed by atoms with Crippen LogP contribution in [0.4, 0.5) is 5.69 Å². The van der Waals surface area contributed by atoms with Gasteiger partial charge in [0.1, 0.15) is 0 Å². The number of rotatable bonds is 6. The molecule has 0 fully saturated rings. The van der Waals surface area contributed by atoms with Crippen LogP contribution in [0, 0.1) is 13.8 Å². The van der Waals surface area contributed by atoms with Gasteiger partial charge in [0.15, 0.2) is 0 Å². The molecule has 6 heteroatoms. The second-order valence-electron chi connectivity index (χ2n) is 5.78. The molecule has 0 saturated heterocycles. The maximum absolute atomic E-state index is 13.0. The van der Waals surface area contributed by atoms with Gasteiger partial charge in [-0.2, -0.15) is 4.31 Å². The van der Waals surface area contributed by atoms with E-state index in [0.29, 0.717) is 23.7 Å². The van der Waals surface area contributed by atoms with Gasteiger partial charge in [0.2, 0.25) is 10.0 Å². The first-order valence-electron chi connectivity index (χ1n) is 7.14. The summed E-state index contributed by atoms with van der Waals surface area (Å²) < 4.78 is 27.5. The highest BCUT2D eigenvalue weighted by Crippen LogP contribution is 2.26. The molecule has 5 nitrogen and oxygen atoms in total. The average Bonchev–Trinajstić information content (AvgIpc) is 2.32. The summed E-state index contributed by atoms with van der Waals surface area (Å²) in [5.41, 5.74) is 7.97. The molecule has 0 aromatic heterocycles. The van der Waals surface area contributed by atoms with Crippen molar-refractivity contribution in [1.82, 2.24) is 9.21 Å². The van der Waals surface area contributed by atoms with Gasteiger partial charge in [-0.25, -0.2) is 8.42 Å². The number of aryl methyl sites for hydroxylation is 1. The number of nitrogens with zero attached hydrogens (tertiary/aromatic N) is 2. The molecule has 1 aromatic rings. The predicted octanol–water partition coefficient (Wildman–Crippen LogP) is 1.85. The number of likely N-dealkylation sites (N-methyl/N-ethyl adjacent to an activating group) is 2. The van der Waals surface area contributed by atoms with E-state index >= 15 is 0 Å². The summed E-state index contributed by atoms with van der Waals surface area (Å²) >= 11 is 0. The minimum atomic E-state index is -3.54. The molecule has 0 aliphatic rings. The molecule has 1 atom stereocenters. The van der Waals surface area contributed by atoms with Crippen LogP contribution in [-0.2, 0) is 10.0 Å². The normalized spacial score (nSPS) is 13.9. The van der Waals surface area contributed by atoms with Crippen LogP contribution in [0.3, 0.4) is 0 Å². The van der Waals surface area contributed by atoms with E-state index in [9.17, 15) is 8.42 Å². The Labute approximate surface area is 128 Å². The van der Waals surface area contributed by atoms with Crippen molar-refractivity contribution in [3.05, 3.63) is 23.3 Å². The number of benzene rings is 1. The largest absolute Gasteiger partial charge is 0.399 e. The molecule has 0 spiro atoms. The average molecular weight is 313 g/mol. The molecule has 0 radical (unpaired) electrons. The fourth-order valence-corrected chi connectivity index (χ4v) is 4.55. The minimum absolute atomic E-state index is 0.101. The van der Waals surface area contributed by atoms with Gasteiger partial charge in [-0.15, -0.1) is 0 Å². The SMILES string of the molecule is CCN(C(C)CN(C)C)S(=O)(=O)c1cc(N)cc(C)c1C. The molecule has 0 saturated carbocycles. The van der Waals surface area contributed by atoms with Crippen LogP contribution in [0.1, 0.15) is 25.0 Å². The molecule has 0 bridgehead atoms. The summed E-state index contributed by atoms with van der Waals surface area (Å²) in [6, 6.07) is 3.26. The van der Waals surface area contributed by atoms with Gasteiger partial charge < -0.3 is 10.6 Å². The number of sulfonamides is 1. The van der Waals surface area contributed by atoms with Gasteiger partial charge in [-0.1, -0.05) is 6.92 Å². The summed E-state index contributed by atoms with van der Waals surface area (Å²) in [5.74, 6) is 0. The van der Waals surface area contributed by atoms with Crippen LogP contribution in [-0.4, -0.2) is 50.8 Å². The summed E-state index contributed by atoms with van der Waals surface area (Å²) in [5, 5.41) is 0. The van der Waals surface area contributed by atoms with Crippen molar-refractivity contribution < 1.29 is 8.42 Å². The third-order valence-corrected chi connectivity index (χ3v) is 5.88.